The minimum atomic E-state index is -4.94. The molecule has 0 fully saturated rings. The minimum absolute atomic E-state index is 0.00952. The second kappa shape index (κ2) is 12.5. The Morgan fingerprint density at radius 3 is 2.40 bits per heavy atom. The second-order valence-corrected chi connectivity index (χ2v) is 12.2. The van der Waals surface area contributed by atoms with Gasteiger partial charge in [-0.1, -0.05) is 35.1 Å². The number of thiazole rings is 1. The molecule has 0 saturated heterocycles. The number of nitrogens with one attached hydrogen (secondary N) is 2. The van der Waals surface area contributed by atoms with Crippen molar-refractivity contribution in [2.75, 3.05) is 17.7 Å². The van der Waals surface area contributed by atoms with Gasteiger partial charge in [-0.2, -0.15) is 13.2 Å². The molecular formula is C33H22ClF5N4O4S. The lowest BCUT2D eigenvalue weighted by Gasteiger charge is -2.28. The van der Waals surface area contributed by atoms with Crippen LogP contribution in [0, 0.1) is 11.6 Å². The SMILES string of the molecule is COc1ccc(CN2C(=O)c3c(c(NC(=O)c4cc(F)cc(C(F)(F)F)c4)cc4sc(NC(C)=O)nc34)C2c2cc(F)ccc2Cl)cc1. The van der Waals surface area contributed by atoms with Crippen molar-refractivity contribution in [3.05, 3.63) is 117 Å². The first-order valence-electron chi connectivity index (χ1n) is 14.1. The molecule has 2 N–H and O–H groups in total. The maximum Gasteiger partial charge on any atom is 0.416 e. The summed E-state index contributed by atoms with van der Waals surface area (Å²) >= 11 is 7.57. The summed E-state index contributed by atoms with van der Waals surface area (Å²) < 4.78 is 75.0. The third kappa shape index (κ3) is 6.28. The van der Waals surface area contributed by atoms with E-state index in [9.17, 15) is 36.3 Å². The topological polar surface area (TPSA) is 101 Å². The van der Waals surface area contributed by atoms with Crippen molar-refractivity contribution in [1.29, 1.82) is 0 Å². The van der Waals surface area contributed by atoms with Crippen molar-refractivity contribution in [1.82, 2.24) is 9.88 Å². The van der Waals surface area contributed by atoms with Crippen LogP contribution in [0.3, 0.4) is 0 Å². The molecule has 4 aromatic carbocycles. The van der Waals surface area contributed by atoms with Crippen LogP contribution in [0.5, 0.6) is 5.75 Å². The summed E-state index contributed by atoms with van der Waals surface area (Å²) in [5, 5.41) is 5.32. The van der Waals surface area contributed by atoms with Crippen molar-refractivity contribution in [2.24, 2.45) is 0 Å². The second-order valence-electron chi connectivity index (χ2n) is 10.8. The first-order valence-corrected chi connectivity index (χ1v) is 15.3. The largest absolute Gasteiger partial charge is 0.497 e. The number of methoxy groups -OCH3 is 1. The quantitative estimate of drug-likeness (QED) is 0.167. The lowest BCUT2D eigenvalue weighted by Crippen LogP contribution is -2.29. The van der Waals surface area contributed by atoms with E-state index in [-0.39, 0.29) is 50.7 Å². The van der Waals surface area contributed by atoms with Gasteiger partial charge in [0.15, 0.2) is 5.13 Å². The summed E-state index contributed by atoms with van der Waals surface area (Å²) in [6, 6.07) is 12.1. The molecule has 2 heterocycles. The Kier molecular flexibility index (Phi) is 8.56. The summed E-state index contributed by atoms with van der Waals surface area (Å²) in [5.41, 5.74) is -1.00. The molecule has 48 heavy (non-hydrogen) atoms. The zero-order valence-corrected chi connectivity index (χ0v) is 26.4. The number of nitrogens with zero attached hydrogens (tertiary/aromatic N) is 2. The predicted octanol–water partition coefficient (Wildman–Crippen LogP) is 8.21. The number of hydrogen-bond donors (Lipinski definition) is 2. The van der Waals surface area contributed by atoms with Crippen LogP contribution in [-0.4, -0.2) is 34.7 Å². The molecule has 0 radical (unpaired) electrons. The smallest absolute Gasteiger partial charge is 0.416 e. The molecule has 0 spiro atoms. The van der Waals surface area contributed by atoms with E-state index in [1.54, 1.807) is 24.3 Å². The number of benzene rings is 4. The van der Waals surface area contributed by atoms with Crippen LogP contribution in [0.2, 0.25) is 5.02 Å². The molecule has 246 valence electrons. The van der Waals surface area contributed by atoms with Crippen LogP contribution >= 0.6 is 22.9 Å². The third-order valence-corrected chi connectivity index (χ3v) is 8.83. The van der Waals surface area contributed by atoms with Crippen LogP contribution < -0.4 is 15.4 Å². The first kappa shape index (κ1) is 32.8. The fraction of sp³-hybridized carbons (Fsp3) is 0.152. The lowest BCUT2D eigenvalue weighted by molar-refractivity contribution is -0.137. The predicted molar refractivity (Wildman–Crippen MR) is 169 cm³/mol. The Bertz CT molecular complexity index is 2120. The molecule has 1 aliphatic heterocycles. The average molecular weight is 701 g/mol. The Balaban J connectivity index is 1.57. The number of alkyl halides is 3. The van der Waals surface area contributed by atoms with E-state index in [0.29, 0.717) is 28.1 Å². The Morgan fingerprint density at radius 1 is 1.00 bits per heavy atom. The van der Waals surface area contributed by atoms with E-state index in [1.807, 2.05) is 0 Å². The molecule has 3 amide bonds. The number of halogens is 6. The molecular weight excluding hydrogens is 679 g/mol. The van der Waals surface area contributed by atoms with E-state index in [1.165, 1.54) is 31.1 Å². The van der Waals surface area contributed by atoms with Crippen LogP contribution in [0.15, 0.2) is 66.7 Å². The summed E-state index contributed by atoms with van der Waals surface area (Å²) in [6.45, 7) is 1.23. The summed E-state index contributed by atoms with van der Waals surface area (Å²) in [7, 11) is 1.50. The summed E-state index contributed by atoms with van der Waals surface area (Å²) in [5.74, 6) is -3.54. The highest BCUT2D eigenvalue weighted by Crippen LogP contribution is 2.49. The zero-order chi connectivity index (χ0) is 34.5. The number of carbonyl (C=O) groups excluding carboxylic acids is 3. The molecule has 5 aromatic rings. The average Bonchev–Trinajstić information content (AvgIpc) is 3.55. The van der Waals surface area contributed by atoms with Crippen molar-refractivity contribution < 1.29 is 41.1 Å². The van der Waals surface area contributed by atoms with Gasteiger partial charge in [-0.05, 0) is 60.2 Å². The van der Waals surface area contributed by atoms with Gasteiger partial charge in [0.25, 0.3) is 11.8 Å². The number of fused-ring (bicyclic) bond motifs is 3. The van der Waals surface area contributed by atoms with Gasteiger partial charge in [-0.25, -0.2) is 13.8 Å². The van der Waals surface area contributed by atoms with Gasteiger partial charge >= 0.3 is 6.18 Å². The van der Waals surface area contributed by atoms with E-state index in [2.05, 4.69) is 15.6 Å². The molecule has 1 atom stereocenters. The fourth-order valence-electron chi connectivity index (χ4n) is 5.52. The van der Waals surface area contributed by atoms with Gasteiger partial charge in [0.1, 0.15) is 17.4 Å². The number of ether oxygens (including phenoxy) is 1. The Hall–Kier alpha value is -5.08. The number of carbonyl (C=O) groups is 3. The number of hydrogen-bond acceptors (Lipinski definition) is 6. The fourth-order valence-corrected chi connectivity index (χ4v) is 6.70. The molecule has 15 heteroatoms. The van der Waals surface area contributed by atoms with Crippen molar-refractivity contribution >= 4 is 61.7 Å². The van der Waals surface area contributed by atoms with Gasteiger partial charge in [0, 0.05) is 40.9 Å². The molecule has 1 aromatic heterocycles. The highest BCUT2D eigenvalue weighted by atomic mass is 35.5. The Morgan fingerprint density at radius 2 is 1.73 bits per heavy atom. The van der Waals surface area contributed by atoms with Gasteiger partial charge in [-0.3, -0.25) is 14.4 Å². The van der Waals surface area contributed by atoms with Gasteiger partial charge in [-0.15, -0.1) is 0 Å². The molecule has 8 nitrogen and oxygen atoms in total. The maximum absolute atomic E-state index is 14.8. The highest BCUT2D eigenvalue weighted by molar-refractivity contribution is 7.22. The van der Waals surface area contributed by atoms with E-state index in [4.69, 9.17) is 16.3 Å². The summed E-state index contributed by atoms with van der Waals surface area (Å²) in [6.07, 6.45) is -4.94. The van der Waals surface area contributed by atoms with Gasteiger partial charge in [0.2, 0.25) is 5.91 Å². The molecule has 1 aliphatic rings. The zero-order valence-electron chi connectivity index (χ0n) is 24.8. The maximum atomic E-state index is 14.8. The standard InChI is InChI=1S/C33H22ClF5N4O4S/c1-15(44)40-32-42-28-25(48-32)13-24(41-30(45)17-9-18(33(37,38)39)11-20(36)10-17)26-27(28)31(46)43(14-16-3-6-21(47-2)7-4-16)29(26)22-12-19(35)5-8-23(22)34/h3-13,29H,14H2,1-2H3,(H,41,45)(H,40,42,44). The minimum Gasteiger partial charge on any atom is -0.497 e. The molecule has 6 rings (SSSR count). The van der Waals surface area contributed by atoms with Crippen molar-refractivity contribution in [2.45, 2.75) is 25.7 Å². The summed E-state index contributed by atoms with van der Waals surface area (Å²) in [4.78, 5) is 45.6. The third-order valence-electron chi connectivity index (χ3n) is 7.57. The molecule has 0 aliphatic carbocycles. The van der Waals surface area contributed by atoms with Crippen LogP contribution in [-0.2, 0) is 17.5 Å². The number of rotatable bonds is 7. The van der Waals surface area contributed by atoms with Gasteiger partial charge < -0.3 is 20.3 Å². The normalized spacial score (nSPS) is 14.3. The number of amides is 3. The van der Waals surface area contributed by atoms with Crippen molar-refractivity contribution in [3.63, 3.8) is 0 Å². The first-order chi connectivity index (χ1) is 22.7. The molecule has 1 unspecified atom stereocenters. The molecule has 0 saturated carbocycles. The Labute approximate surface area is 278 Å². The monoisotopic (exact) mass is 700 g/mol. The highest BCUT2D eigenvalue weighted by Gasteiger charge is 2.43. The van der Waals surface area contributed by atoms with Crippen LogP contribution in [0.25, 0.3) is 10.2 Å². The van der Waals surface area contributed by atoms with E-state index in [0.717, 1.165) is 23.5 Å². The van der Waals surface area contributed by atoms with E-state index < -0.39 is 52.7 Å². The van der Waals surface area contributed by atoms with Gasteiger partial charge in [0.05, 0.1) is 34.5 Å². The lowest BCUT2D eigenvalue weighted by atomic mass is 9.94. The van der Waals surface area contributed by atoms with Crippen LogP contribution in [0.4, 0.5) is 32.8 Å². The van der Waals surface area contributed by atoms with Crippen LogP contribution in [0.1, 0.15) is 55.9 Å². The van der Waals surface area contributed by atoms with Crippen molar-refractivity contribution in [3.8, 4) is 5.75 Å². The van der Waals surface area contributed by atoms with E-state index >= 15 is 0 Å². The molecule has 0 bridgehead atoms. The number of aromatic nitrogens is 1. The number of anilines is 2.